The molecule has 1 aromatic carbocycles. The van der Waals surface area contributed by atoms with Crippen LogP contribution in [0.2, 0.25) is 0 Å². The van der Waals surface area contributed by atoms with Crippen molar-refractivity contribution in [1.82, 2.24) is 4.57 Å². The average Bonchev–Trinajstić information content (AvgIpc) is 2.65. The van der Waals surface area contributed by atoms with Crippen LogP contribution in [0.15, 0.2) is 18.3 Å². The van der Waals surface area contributed by atoms with Crippen molar-refractivity contribution in [2.45, 2.75) is 12.5 Å². The Morgan fingerprint density at radius 2 is 2.25 bits per heavy atom. The molecule has 1 aromatic heterocycles. The number of nitro groups is 1. The fraction of sp³-hybridized carbons (Fsp3) is 0.250. The molecule has 0 aliphatic heterocycles. The standard InChI is InChI=1S/C12H12FN3O4/c1-15-5-6(2-8(14)12(17)18)11-9(15)3-7(13)4-10(11)16(19)20/h3-5,8H,2,14H2,1H3,(H,17,18). The topological polar surface area (TPSA) is 111 Å². The van der Waals surface area contributed by atoms with E-state index < -0.39 is 28.4 Å². The Balaban J connectivity index is 2.67. The van der Waals surface area contributed by atoms with Crippen LogP contribution in [0.1, 0.15) is 5.56 Å². The summed E-state index contributed by atoms with van der Waals surface area (Å²) in [6.07, 6.45) is 1.46. The summed E-state index contributed by atoms with van der Waals surface area (Å²) in [5.41, 5.74) is 5.79. The van der Waals surface area contributed by atoms with Crippen LogP contribution in [0.25, 0.3) is 10.9 Å². The molecule has 1 atom stereocenters. The lowest BCUT2D eigenvalue weighted by atomic mass is 10.0. The average molecular weight is 281 g/mol. The van der Waals surface area contributed by atoms with Crippen molar-refractivity contribution in [3.05, 3.63) is 39.8 Å². The molecule has 0 spiro atoms. The molecule has 2 aromatic rings. The molecule has 2 rings (SSSR count). The Labute approximate surface area is 112 Å². The summed E-state index contributed by atoms with van der Waals surface area (Å²) in [7, 11) is 1.60. The summed E-state index contributed by atoms with van der Waals surface area (Å²) >= 11 is 0. The first-order valence-electron chi connectivity index (χ1n) is 5.71. The third kappa shape index (κ3) is 2.32. The van der Waals surface area contributed by atoms with Gasteiger partial charge in [0.25, 0.3) is 5.69 Å². The predicted octanol–water partition coefficient (Wildman–Crippen LogP) is 1.18. The van der Waals surface area contributed by atoms with Crippen molar-refractivity contribution in [1.29, 1.82) is 0 Å². The number of fused-ring (bicyclic) bond motifs is 1. The number of aliphatic carboxylic acids is 1. The summed E-state index contributed by atoms with van der Waals surface area (Å²) in [6.45, 7) is 0. The highest BCUT2D eigenvalue weighted by atomic mass is 19.1. The zero-order valence-electron chi connectivity index (χ0n) is 10.5. The van der Waals surface area contributed by atoms with E-state index in [-0.39, 0.29) is 11.8 Å². The zero-order chi connectivity index (χ0) is 15.0. The number of non-ortho nitro benzene ring substituents is 1. The second kappa shape index (κ2) is 4.89. The first-order valence-corrected chi connectivity index (χ1v) is 5.71. The molecule has 1 heterocycles. The normalized spacial score (nSPS) is 12.6. The van der Waals surface area contributed by atoms with E-state index in [4.69, 9.17) is 10.8 Å². The fourth-order valence-corrected chi connectivity index (χ4v) is 2.18. The highest BCUT2D eigenvalue weighted by Gasteiger charge is 2.23. The van der Waals surface area contributed by atoms with E-state index in [0.717, 1.165) is 12.1 Å². The predicted molar refractivity (Wildman–Crippen MR) is 68.8 cm³/mol. The van der Waals surface area contributed by atoms with Crippen LogP contribution in [0, 0.1) is 15.9 Å². The van der Waals surface area contributed by atoms with Crippen LogP contribution in [0.4, 0.5) is 10.1 Å². The van der Waals surface area contributed by atoms with Gasteiger partial charge in [0.05, 0.1) is 21.9 Å². The number of carboxylic acids is 1. The van der Waals surface area contributed by atoms with Crippen molar-refractivity contribution < 1.29 is 19.2 Å². The van der Waals surface area contributed by atoms with Gasteiger partial charge in [0, 0.05) is 19.7 Å². The molecule has 3 N–H and O–H groups in total. The van der Waals surface area contributed by atoms with Gasteiger partial charge >= 0.3 is 5.97 Å². The number of aryl methyl sites for hydroxylation is 1. The minimum absolute atomic E-state index is 0.0703. The van der Waals surface area contributed by atoms with E-state index in [9.17, 15) is 19.3 Å². The lowest BCUT2D eigenvalue weighted by molar-refractivity contribution is -0.383. The Hall–Kier alpha value is -2.48. The van der Waals surface area contributed by atoms with Crippen molar-refractivity contribution in [3.63, 3.8) is 0 Å². The first-order chi connectivity index (χ1) is 9.31. The molecule has 20 heavy (non-hydrogen) atoms. The third-order valence-corrected chi connectivity index (χ3v) is 3.07. The van der Waals surface area contributed by atoms with Crippen LogP contribution < -0.4 is 5.73 Å². The van der Waals surface area contributed by atoms with Crippen LogP contribution in [-0.2, 0) is 18.3 Å². The number of benzene rings is 1. The molecule has 0 fully saturated rings. The van der Waals surface area contributed by atoms with Crippen LogP contribution in [-0.4, -0.2) is 26.6 Å². The Morgan fingerprint density at radius 3 is 2.80 bits per heavy atom. The second-order valence-electron chi connectivity index (χ2n) is 4.49. The summed E-state index contributed by atoms with van der Waals surface area (Å²) < 4.78 is 14.9. The number of halogens is 1. The third-order valence-electron chi connectivity index (χ3n) is 3.07. The fourth-order valence-electron chi connectivity index (χ4n) is 2.18. The van der Waals surface area contributed by atoms with Gasteiger partial charge < -0.3 is 15.4 Å². The van der Waals surface area contributed by atoms with Gasteiger partial charge in [-0.3, -0.25) is 14.9 Å². The van der Waals surface area contributed by atoms with E-state index in [0.29, 0.717) is 11.1 Å². The summed E-state index contributed by atoms with van der Waals surface area (Å²) in [4.78, 5) is 21.1. The molecule has 0 amide bonds. The number of aromatic nitrogens is 1. The van der Waals surface area contributed by atoms with Gasteiger partial charge in [0.2, 0.25) is 0 Å². The monoisotopic (exact) mass is 281 g/mol. The molecule has 0 saturated carbocycles. The van der Waals surface area contributed by atoms with Gasteiger partial charge in [0.15, 0.2) is 0 Å². The molecule has 0 saturated heterocycles. The van der Waals surface area contributed by atoms with E-state index in [1.54, 1.807) is 7.05 Å². The number of hydrogen-bond donors (Lipinski definition) is 2. The van der Waals surface area contributed by atoms with Crippen LogP contribution >= 0.6 is 0 Å². The number of nitrogens with zero attached hydrogens (tertiary/aromatic N) is 2. The molecule has 7 nitrogen and oxygen atoms in total. The van der Waals surface area contributed by atoms with Gasteiger partial charge in [-0.1, -0.05) is 0 Å². The Morgan fingerprint density at radius 1 is 1.60 bits per heavy atom. The van der Waals surface area contributed by atoms with Crippen molar-refractivity contribution in [2.24, 2.45) is 12.8 Å². The quantitative estimate of drug-likeness (QED) is 0.645. The molecule has 1 unspecified atom stereocenters. The Kier molecular flexibility index (Phi) is 3.41. The SMILES string of the molecule is Cn1cc(CC(N)C(=O)O)c2c([N+](=O)[O-])cc(F)cc21. The lowest BCUT2D eigenvalue weighted by Gasteiger charge is -2.05. The maximum atomic E-state index is 13.4. The van der Waals surface area contributed by atoms with Gasteiger partial charge in [0.1, 0.15) is 11.9 Å². The highest BCUT2D eigenvalue weighted by molar-refractivity contribution is 5.93. The first kappa shape index (κ1) is 13.9. The maximum absolute atomic E-state index is 13.4. The number of nitro benzene ring substituents is 1. The lowest BCUT2D eigenvalue weighted by Crippen LogP contribution is -2.32. The molecule has 0 radical (unpaired) electrons. The van der Waals surface area contributed by atoms with Crippen molar-refractivity contribution in [2.75, 3.05) is 0 Å². The van der Waals surface area contributed by atoms with Crippen molar-refractivity contribution >= 4 is 22.6 Å². The number of carboxylic acid groups (broad SMARTS) is 1. The zero-order valence-corrected chi connectivity index (χ0v) is 10.5. The molecule has 8 heteroatoms. The molecule has 0 bridgehead atoms. The van der Waals surface area contributed by atoms with E-state index in [2.05, 4.69) is 0 Å². The molecule has 0 aliphatic carbocycles. The number of rotatable bonds is 4. The molecule has 0 aliphatic rings. The summed E-state index contributed by atoms with van der Waals surface area (Å²) in [5.74, 6) is -1.92. The van der Waals surface area contributed by atoms with E-state index in [1.807, 2.05) is 0 Å². The van der Waals surface area contributed by atoms with E-state index in [1.165, 1.54) is 10.8 Å². The summed E-state index contributed by atoms with van der Waals surface area (Å²) in [6, 6.07) is 0.807. The minimum atomic E-state index is -1.20. The summed E-state index contributed by atoms with van der Waals surface area (Å²) in [5, 5.41) is 20.1. The molecule has 106 valence electrons. The van der Waals surface area contributed by atoms with Gasteiger partial charge in [-0.15, -0.1) is 0 Å². The van der Waals surface area contributed by atoms with Gasteiger partial charge in [-0.2, -0.15) is 0 Å². The van der Waals surface area contributed by atoms with Crippen molar-refractivity contribution in [3.8, 4) is 0 Å². The largest absolute Gasteiger partial charge is 0.480 e. The molecular weight excluding hydrogens is 269 g/mol. The van der Waals surface area contributed by atoms with E-state index >= 15 is 0 Å². The Bertz CT molecular complexity index is 710. The van der Waals surface area contributed by atoms with Crippen LogP contribution in [0.3, 0.4) is 0 Å². The number of carbonyl (C=O) groups is 1. The number of hydrogen-bond acceptors (Lipinski definition) is 4. The van der Waals surface area contributed by atoms with Gasteiger partial charge in [-0.05, 0) is 11.6 Å². The van der Waals surface area contributed by atoms with Gasteiger partial charge in [-0.25, -0.2) is 4.39 Å². The number of nitrogens with two attached hydrogens (primary N) is 1. The maximum Gasteiger partial charge on any atom is 0.320 e. The molecular formula is C12H12FN3O4. The highest BCUT2D eigenvalue weighted by Crippen LogP contribution is 2.31. The van der Waals surface area contributed by atoms with Crippen LogP contribution in [0.5, 0.6) is 0 Å². The minimum Gasteiger partial charge on any atom is -0.480 e. The smallest absolute Gasteiger partial charge is 0.320 e. The second-order valence-corrected chi connectivity index (χ2v) is 4.49.